The Labute approximate surface area is 229 Å². The zero-order valence-electron chi connectivity index (χ0n) is 25.0. The second kappa shape index (κ2) is 12.5. The summed E-state index contributed by atoms with van der Waals surface area (Å²) in [6.45, 7) is 20.9. The highest BCUT2D eigenvalue weighted by Crippen LogP contribution is 2.57. The van der Waals surface area contributed by atoms with Crippen molar-refractivity contribution in [3.05, 3.63) is 47.1 Å². The molecule has 0 aromatic rings. The van der Waals surface area contributed by atoms with Crippen LogP contribution in [0.15, 0.2) is 47.1 Å². The fourth-order valence-corrected chi connectivity index (χ4v) is 9.41. The molecule has 5 atom stereocenters. The maximum atomic E-state index is 10.3. The summed E-state index contributed by atoms with van der Waals surface area (Å²) in [7, 11) is -1.57. The van der Waals surface area contributed by atoms with Crippen molar-refractivity contribution in [1.82, 2.24) is 0 Å². The molecule has 0 bridgehead atoms. The number of rotatable bonds is 11. The molecule has 210 valence electrons. The van der Waals surface area contributed by atoms with Crippen LogP contribution in [-0.2, 0) is 4.43 Å². The first kappa shape index (κ1) is 30.6. The predicted molar refractivity (Wildman–Crippen MR) is 160 cm³/mol. The summed E-state index contributed by atoms with van der Waals surface area (Å²) >= 11 is 0. The minimum absolute atomic E-state index is 0.0130. The molecule has 2 fully saturated rings. The average molecular weight is 529 g/mol. The monoisotopic (exact) mass is 528 g/mol. The van der Waals surface area contributed by atoms with Crippen molar-refractivity contribution in [3.63, 3.8) is 0 Å². The van der Waals surface area contributed by atoms with E-state index in [-0.39, 0.29) is 29.6 Å². The minimum Gasteiger partial charge on any atom is -0.412 e. The molecule has 0 unspecified atom stereocenters. The molecule has 3 nitrogen and oxygen atoms in total. The van der Waals surface area contributed by atoms with Crippen molar-refractivity contribution in [2.45, 2.75) is 130 Å². The van der Waals surface area contributed by atoms with E-state index in [1.54, 1.807) is 11.1 Å². The van der Waals surface area contributed by atoms with Crippen LogP contribution in [0.3, 0.4) is 0 Å². The third kappa shape index (κ3) is 7.18. The van der Waals surface area contributed by atoms with Gasteiger partial charge in [-0.15, -0.1) is 0 Å². The van der Waals surface area contributed by atoms with Crippen LogP contribution in [0, 0.1) is 23.2 Å². The zero-order valence-corrected chi connectivity index (χ0v) is 26.0. The fraction of sp³-hybridized carbons (Fsp3) is 0.758. The summed E-state index contributed by atoms with van der Waals surface area (Å²) in [5, 5.41) is 20.0. The molecule has 2 N–H and O–H groups in total. The first-order valence-electron chi connectivity index (χ1n) is 15.2. The van der Waals surface area contributed by atoms with E-state index in [1.807, 2.05) is 0 Å². The van der Waals surface area contributed by atoms with Gasteiger partial charge in [-0.25, -0.2) is 0 Å². The van der Waals surface area contributed by atoms with E-state index >= 15 is 0 Å². The van der Waals surface area contributed by atoms with E-state index in [4.69, 9.17) is 4.43 Å². The maximum absolute atomic E-state index is 10.3. The topological polar surface area (TPSA) is 49.7 Å². The largest absolute Gasteiger partial charge is 0.412 e. The van der Waals surface area contributed by atoms with E-state index in [9.17, 15) is 10.2 Å². The first-order chi connectivity index (χ1) is 17.4. The second-order valence-corrected chi connectivity index (χ2v) is 18.0. The molecule has 0 aromatic heterocycles. The maximum Gasteiger partial charge on any atom is 0.184 e. The summed E-state index contributed by atoms with van der Waals surface area (Å²) < 4.78 is 6.73. The lowest BCUT2D eigenvalue weighted by Crippen LogP contribution is -2.42. The number of aliphatic hydroxyl groups excluding tert-OH is 2. The minimum atomic E-state index is -1.57. The molecule has 0 heterocycles. The molecule has 0 spiro atoms. The summed E-state index contributed by atoms with van der Waals surface area (Å²) in [6.07, 6.45) is 18.8. The van der Waals surface area contributed by atoms with Crippen LogP contribution in [0.4, 0.5) is 0 Å². The number of aliphatic hydroxyl groups is 2. The number of hydrogen-bond acceptors (Lipinski definition) is 3. The highest BCUT2D eigenvalue weighted by Gasteiger charge is 2.46. The lowest BCUT2D eigenvalue weighted by atomic mass is 9.62. The Morgan fingerprint density at radius 1 is 1.24 bits per heavy atom. The van der Waals surface area contributed by atoms with Gasteiger partial charge in [-0.2, -0.15) is 0 Å². The van der Waals surface area contributed by atoms with Crippen LogP contribution in [0.1, 0.15) is 98.3 Å². The smallest absolute Gasteiger partial charge is 0.184 e. The number of fused-ring (bicyclic) bond motifs is 1. The van der Waals surface area contributed by atoms with Crippen molar-refractivity contribution in [3.8, 4) is 0 Å². The van der Waals surface area contributed by atoms with Crippen molar-refractivity contribution in [1.29, 1.82) is 0 Å². The van der Waals surface area contributed by atoms with Gasteiger partial charge in [0, 0.05) is 5.92 Å². The van der Waals surface area contributed by atoms with E-state index in [0.717, 1.165) is 30.4 Å². The molecular formula is C33H56O3Si. The van der Waals surface area contributed by atoms with Gasteiger partial charge in [-0.1, -0.05) is 70.1 Å². The first-order valence-corrected chi connectivity index (χ1v) is 18.6. The van der Waals surface area contributed by atoms with Gasteiger partial charge in [0.2, 0.25) is 0 Å². The predicted octanol–water partition coefficient (Wildman–Crippen LogP) is 8.51. The van der Waals surface area contributed by atoms with Gasteiger partial charge in [0.15, 0.2) is 8.32 Å². The standard InChI is InChI=1S/C33H56O3Si/c1-9-33(10-2,36-37(6,7)8)20-11-13-24(3)30-17-18-31-26(14-12-19-32(30,31)5)15-16-27-21-29(35)22-28(23-34)25(27)4/h15-17,24,28-29,31,34-35H,4,9-14,18-23H2,1-3,5-8H3/b26-15+,27-16-/t24-,28-,29-,31+,32-/m1/s1. The average Bonchev–Trinajstić information content (AvgIpc) is 3.20. The Bertz CT molecular complexity index is 888. The highest BCUT2D eigenvalue weighted by atomic mass is 28.4. The normalized spacial score (nSPS) is 32.1. The summed E-state index contributed by atoms with van der Waals surface area (Å²) in [6, 6.07) is 0. The Kier molecular flexibility index (Phi) is 10.3. The zero-order chi connectivity index (χ0) is 27.4. The molecule has 3 aliphatic carbocycles. The summed E-state index contributed by atoms with van der Waals surface area (Å²) in [4.78, 5) is 0. The number of allylic oxidation sites excluding steroid dienone is 5. The fourth-order valence-electron chi connectivity index (χ4n) is 7.72. The van der Waals surface area contributed by atoms with Gasteiger partial charge in [0.1, 0.15) is 0 Å². The quantitative estimate of drug-likeness (QED) is 0.209. The Morgan fingerprint density at radius 2 is 1.95 bits per heavy atom. The van der Waals surface area contributed by atoms with Gasteiger partial charge in [0.25, 0.3) is 0 Å². The highest BCUT2D eigenvalue weighted by molar-refractivity contribution is 6.69. The molecule has 0 aliphatic heterocycles. The Balaban J connectivity index is 1.67. The molecule has 0 saturated heterocycles. The molecule has 2 saturated carbocycles. The molecule has 4 heteroatoms. The molecule has 0 amide bonds. The van der Waals surface area contributed by atoms with E-state index < -0.39 is 8.32 Å². The Morgan fingerprint density at radius 3 is 2.57 bits per heavy atom. The summed E-state index contributed by atoms with van der Waals surface area (Å²) in [5.41, 5.74) is 5.70. The van der Waals surface area contributed by atoms with Gasteiger partial charge in [-0.05, 0) is 112 Å². The third-order valence-corrected chi connectivity index (χ3v) is 10.9. The summed E-state index contributed by atoms with van der Waals surface area (Å²) in [5.74, 6) is 1.19. The molecule has 3 aliphatic rings. The molecule has 37 heavy (non-hydrogen) atoms. The lowest BCUT2D eigenvalue weighted by Gasteiger charge is -2.43. The van der Waals surface area contributed by atoms with Crippen LogP contribution in [0.2, 0.25) is 19.6 Å². The number of hydrogen-bond donors (Lipinski definition) is 2. The lowest BCUT2D eigenvalue weighted by molar-refractivity contribution is 0.0396. The van der Waals surface area contributed by atoms with Crippen LogP contribution >= 0.6 is 0 Å². The van der Waals surface area contributed by atoms with Crippen molar-refractivity contribution < 1.29 is 14.6 Å². The molecular weight excluding hydrogens is 472 g/mol. The van der Waals surface area contributed by atoms with E-state index in [1.165, 1.54) is 38.5 Å². The van der Waals surface area contributed by atoms with Crippen molar-refractivity contribution in [2.75, 3.05) is 6.61 Å². The third-order valence-electron chi connectivity index (χ3n) is 9.86. The SMILES string of the molecule is C=C1/C(=C\C=C2/CCC[C@]3(C)C([C@H](C)CCCC(CC)(CC)O[Si](C)(C)C)=CC[C@@H]23)C[C@@H](O)C[C@@H]1CO. The van der Waals surface area contributed by atoms with Crippen LogP contribution in [0.5, 0.6) is 0 Å². The van der Waals surface area contributed by atoms with Crippen molar-refractivity contribution in [2.24, 2.45) is 23.2 Å². The van der Waals surface area contributed by atoms with Crippen LogP contribution in [-0.4, -0.2) is 36.8 Å². The van der Waals surface area contributed by atoms with Gasteiger partial charge < -0.3 is 14.6 Å². The van der Waals surface area contributed by atoms with Crippen LogP contribution < -0.4 is 0 Å². The van der Waals surface area contributed by atoms with E-state index in [2.05, 4.69) is 72.1 Å². The Hall–Kier alpha value is -0.943. The molecule has 0 aromatic carbocycles. The van der Waals surface area contributed by atoms with E-state index in [0.29, 0.717) is 24.7 Å². The van der Waals surface area contributed by atoms with Gasteiger partial charge in [0.05, 0.1) is 18.3 Å². The second-order valence-electron chi connectivity index (χ2n) is 13.5. The van der Waals surface area contributed by atoms with Gasteiger partial charge >= 0.3 is 0 Å². The van der Waals surface area contributed by atoms with Crippen LogP contribution in [0.25, 0.3) is 0 Å². The molecule has 3 rings (SSSR count). The van der Waals surface area contributed by atoms with Gasteiger partial charge in [-0.3, -0.25) is 0 Å². The molecule has 0 radical (unpaired) electrons. The van der Waals surface area contributed by atoms with Crippen molar-refractivity contribution >= 4 is 8.32 Å².